The summed E-state index contributed by atoms with van der Waals surface area (Å²) in [7, 11) is 4.54. The van der Waals surface area contributed by atoms with Crippen molar-refractivity contribution in [2.24, 2.45) is 0 Å². The lowest BCUT2D eigenvalue weighted by Crippen LogP contribution is -2.15. The van der Waals surface area contributed by atoms with Gasteiger partial charge in [-0.15, -0.1) is 0 Å². The van der Waals surface area contributed by atoms with E-state index in [0.29, 0.717) is 34.4 Å². The maximum atomic E-state index is 12.4. The Morgan fingerprint density at radius 3 is 2.00 bits per heavy atom. The van der Waals surface area contributed by atoms with Gasteiger partial charge in [-0.05, 0) is 13.8 Å². The van der Waals surface area contributed by atoms with Crippen LogP contribution in [0.4, 0.5) is 11.6 Å². The molecule has 0 bridgehead atoms. The van der Waals surface area contributed by atoms with Crippen LogP contribution in [0, 0.1) is 0 Å². The van der Waals surface area contributed by atoms with E-state index in [1.165, 1.54) is 33.7 Å². The predicted molar refractivity (Wildman–Crippen MR) is 94.8 cm³/mol. The minimum atomic E-state index is -0.342. The first-order chi connectivity index (χ1) is 12.0. The molecule has 1 amide bonds. The fourth-order valence-corrected chi connectivity index (χ4v) is 2.13. The highest BCUT2D eigenvalue weighted by Crippen LogP contribution is 2.39. The van der Waals surface area contributed by atoms with Gasteiger partial charge in [0.1, 0.15) is 0 Å². The molecule has 0 atom stereocenters. The minimum absolute atomic E-state index is 0.207. The fraction of sp³-hybridized carbons (Fsp3) is 0.353. The van der Waals surface area contributed by atoms with Crippen molar-refractivity contribution >= 4 is 17.5 Å². The van der Waals surface area contributed by atoms with Gasteiger partial charge in [0.2, 0.25) is 11.7 Å². The predicted octanol–water partition coefficient (Wildman–Crippen LogP) is 2.58. The number of hydrogen-bond acceptors (Lipinski definition) is 7. The molecule has 2 aromatic rings. The number of nitrogens with zero attached hydrogens (tertiary/aromatic N) is 2. The van der Waals surface area contributed by atoms with E-state index in [-0.39, 0.29) is 11.9 Å². The number of amides is 1. The first-order valence-electron chi connectivity index (χ1n) is 7.68. The quantitative estimate of drug-likeness (QED) is 0.795. The number of carbonyl (C=O) groups excluding carboxylic acids is 1. The van der Waals surface area contributed by atoms with Gasteiger partial charge in [-0.1, -0.05) is 0 Å². The van der Waals surface area contributed by atoms with Crippen molar-refractivity contribution in [1.29, 1.82) is 0 Å². The second kappa shape index (κ2) is 8.18. The second-order valence-corrected chi connectivity index (χ2v) is 5.46. The molecule has 2 rings (SSSR count). The Morgan fingerprint density at radius 2 is 1.56 bits per heavy atom. The molecule has 0 saturated carbocycles. The first-order valence-corrected chi connectivity index (χ1v) is 7.68. The van der Waals surface area contributed by atoms with Gasteiger partial charge in [0.15, 0.2) is 11.5 Å². The number of benzene rings is 1. The highest BCUT2D eigenvalue weighted by molar-refractivity contribution is 6.04. The summed E-state index contributed by atoms with van der Waals surface area (Å²) in [6, 6.07) is 3.50. The van der Waals surface area contributed by atoms with Gasteiger partial charge in [-0.2, -0.15) is 0 Å². The van der Waals surface area contributed by atoms with E-state index in [1.54, 1.807) is 12.1 Å². The maximum absolute atomic E-state index is 12.4. The lowest BCUT2D eigenvalue weighted by Gasteiger charge is -2.14. The Bertz CT molecular complexity index is 707. The van der Waals surface area contributed by atoms with Gasteiger partial charge in [0.25, 0.3) is 5.91 Å². The molecule has 134 valence electrons. The molecule has 0 fully saturated rings. The Hall–Kier alpha value is -3.03. The van der Waals surface area contributed by atoms with Crippen molar-refractivity contribution in [3.05, 3.63) is 30.1 Å². The fourth-order valence-electron chi connectivity index (χ4n) is 2.13. The number of methoxy groups -OCH3 is 3. The number of ether oxygens (including phenoxy) is 3. The third-order valence-corrected chi connectivity index (χ3v) is 3.25. The van der Waals surface area contributed by atoms with Gasteiger partial charge in [0.05, 0.1) is 26.9 Å². The summed E-state index contributed by atoms with van der Waals surface area (Å²) in [6.45, 7) is 3.96. The van der Waals surface area contributed by atoms with Gasteiger partial charge in [-0.3, -0.25) is 4.79 Å². The van der Waals surface area contributed by atoms with E-state index in [9.17, 15) is 4.79 Å². The van der Waals surface area contributed by atoms with Gasteiger partial charge in [-0.25, -0.2) is 9.97 Å². The highest BCUT2D eigenvalue weighted by Gasteiger charge is 2.15. The Labute approximate surface area is 146 Å². The van der Waals surface area contributed by atoms with Crippen molar-refractivity contribution in [1.82, 2.24) is 9.97 Å². The molecule has 0 radical (unpaired) electrons. The summed E-state index contributed by atoms with van der Waals surface area (Å²) >= 11 is 0. The zero-order valence-electron chi connectivity index (χ0n) is 14.9. The smallest absolute Gasteiger partial charge is 0.258 e. The Balaban J connectivity index is 2.19. The Kier molecular flexibility index (Phi) is 5.99. The van der Waals surface area contributed by atoms with Crippen molar-refractivity contribution in [3.63, 3.8) is 0 Å². The largest absolute Gasteiger partial charge is 0.493 e. The monoisotopic (exact) mass is 346 g/mol. The molecule has 0 aliphatic carbocycles. The van der Waals surface area contributed by atoms with Crippen LogP contribution in [-0.2, 0) is 0 Å². The lowest BCUT2D eigenvalue weighted by atomic mass is 10.2. The molecule has 1 aromatic heterocycles. The van der Waals surface area contributed by atoms with Gasteiger partial charge < -0.3 is 24.8 Å². The van der Waals surface area contributed by atoms with E-state index >= 15 is 0 Å². The van der Waals surface area contributed by atoms with Crippen molar-refractivity contribution in [2.45, 2.75) is 19.9 Å². The average Bonchev–Trinajstić information content (AvgIpc) is 2.60. The average molecular weight is 346 g/mol. The lowest BCUT2D eigenvalue weighted by molar-refractivity contribution is 0.102. The molecule has 1 aromatic carbocycles. The molecule has 0 spiro atoms. The summed E-state index contributed by atoms with van der Waals surface area (Å²) in [6.07, 6.45) is 2.93. The van der Waals surface area contributed by atoms with Crippen LogP contribution in [0.2, 0.25) is 0 Å². The molecular formula is C17H22N4O4. The van der Waals surface area contributed by atoms with Crippen molar-refractivity contribution in [3.8, 4) is 17.2 Å². The second-order valence-electron chi connectivity index (χ2n) is 5.46. The minimum Gasteiger partial charge on any atom is -0.493 e. The van der Waals surface area contributed by atoms with Crippen LogP contribution < -0.4 is 24.8 Å². The summed E-state index contributed by atoms with van der Waals surface area (Å²) in [5, 5.41) is 5.83. The van der Waals surface area contributed by atoms with Crippen LogP contribution in [0.15, 0.2) is 24.5 Å². The summed E-state index contributed by atoms with van der Waals surface area (Å²) in [5.74, 6) is 1.48. The molecule has 0 saturated heterocycles. The zero-order chi connectivity index (χ0) is 18.4. The van der Waals surface area contributed by atoms with E-state index in [0.717, 1.165) is 0 Å². The SMILES string of the molecule is COc1cc(NC(=O)c2cnc(NC(C)C)nc2)cc(OC)c1OC. The highest BCUT2D eigenvalue weighted by atomic mass is 16.5. The molecular weight excluding hydrogens is 324 g/mol. The van der Waals surface area contributed by atoms with Crippen LogP contribution in [0.25, 0.3) is 0 Å². The third-order valence-electron chi connectivity index (χ3n) is 3.25. The number of carbonyl (C=O) groups is 1. The van der Waals surface area contributed by atoms with Crippen LogP contribution in [0.5, 0.6) is 17.2 Å². The normalized spacial score (nSPS) is 10.3. The molecule has 0 aliphatic rings. The topological polar surface area (TPSA) is 94.6 Å². The number of anilines is 2. The molecule has 0 aliphatic heterocycles. The third kappa shape index (κ3) is 4.50. The molecule has 1 heterocycles. The van der Waals surface area contributed by atoms with Crippen LogP contribution >= 0.6 is 0 Å². The number of rotatable bonds is 7. The van der Waals surface area contributed by atoms with E-state index in [1.807, 2.05) is 13.8 Å². The maximum Gasteiger partial charge on any atom is 0.258 e. The van der Waals surface area contributed by atoms with Crippen molar-refractivity contribution in [2.75, 3.05) is 32.0 Å². The molecule has 8 heteroatoms. The first kappa shape index (κ1) is 18.3. The standard InChI is InChI=1S/C17H22N4O4/c1-10(2)20-17-18-8-11(9-19-17)16(22)21-12-6-13(23-3)15(25-5)14(7-12)24-4/h6-10H,1-5H3,(H,21,22)(H,18,19,20). The van der Waals surface area contributed by atoms with Gasteiger partial charge >= 0.3 is 0 Å². The summed E-state index contributed by atoms with van der Waals surface area (Å²) in [4.78, 5) is 20.6. The van der Waals surface area contributed by atoms with E-state index < -0.39 is 0 Å². The molecule has 25 heavy (non-hydrogen) atoms. The summed E-state index contributed by atoms with van der Waals surface area (Å²) in [5.41, 5.74) is 0.840. The molecule has 2 N–H and O–H groups in total. The molecule has 8 nitrogen and oxygen atoms in total. The Morgan fingerprint density at radius 1 is 1.00 bits per heavy atom. The molecule has 0 unspecified atom stereocenters. The summed E-state index contributed by atoms with van der Waals surface area (Å²) < 4.78 is 15.8. The number of aromatic nitrogens is 2. The van der Waals surface area contributed by atoms with Crippen LogP contribution in [-0.4, -0.2) is 43.2 Å². The van der Waals surface area contributed by atoms with Crippen LogP contribution in [0.1, 0.15) is 24.2 Å². The van der Waals surface area contributed by atoms with Crippen LogP contribution in [0.3, 0.4) is 0 Å². The number of nitrogens with one attached hydrogen (secondary N) is 2. The van der Waals surface area contributed by atoms with E-state index in [2.05, 4.69) is 20.6 Å². The van der Waals surface area contributed by atoms with E-state index in [4.69, 9.17) is 14.2 Å². The van der Waals surface area contributed by atoms with Crippen molar-refractivity contribution < 1.29 is 19.0 Å². The van der Waals surface area contributed by atoms with Gasteiger partial charge in [0, 0.05) is 36.3 Å². The number of hydrogen-bond donors (Lipinski definition) is 2. The zero-order valence-corrected chi connectivity index (χ0v) is 14.9.